The van der Waals surface area contributed by atoms with Crippen molar-refractivity contribution in [1.29, 1.82) is 0 Å². The largest absolute Gasteiger partial charge is 0.378 e. The number of hydrogen-bond donors (Lipinski definition) is 1. The van der Waals surface area contributed by atoms with Crippen LogP contribution >= 0.6 is 11.8 Å². The highest BCUT2D eigenvalue weighted by Crippen LogP contribution is 2.27. The van der Waals surface area contributed by atoms with E-state index in [4.69, 9.17) is 9.72 Å². The van der Waals surface area contributed by atoms with E-state index >= 15 is 0 Å². The summed E-state index contributed by atoms with van der Waals surface area (Å²) in [5.74, 6) is 1.76. The predicted octanol–water partition coefficient (Wildman–Crippen LogP) is 3.11. The molecule has 0 radical (unpaired) electrons. The Balaban J connectivity index is 1.45. The van der Waals surface area contributed by atoms with Crippen LogP contribution < -0.4 is 10.2 Å². The van der Waals surface area contributed by atoms with Crippen LogP contribution in [0.3, 0.4) is 0 Å². The summed E-state index contributed by atoms with van der Waals surface area (Å²) in [7, 11) is 0. The van der Waals surface area contributed by atoms with E-state index in [9.17, 15) is 4.79 Å². The second kappa shape index (κ2) is 8.49. The van der Waals surface area contributed by atoms with Crippen molar-refractivity contribution >= 4 is 23.5 Å². The molecule has 1 aromatic heterocycles. The van der Waals surface area contributed by atoms with Crippen LogP contribution in [-0.4, -0.2) is 48.2 Å². The number of hydrogen-bond acceptors (Lipinski definition) is 6. The molecule has 2 aliphatic rings. The fraction of sp³-hybridized carbons (Fsp3) is 0.476. The Morgan fingerprint density at radius 2 is 2.04 bits per heavy atom. The van der Waals surface area contributed by atoms with Gasteiger partial charge in [0.05, 0.1) is 13.2 Å². The molecular formula is C21H26N4O2S. The van der Waals surface area contributed by atoms with Gasteiger partial charge in [-0.2, -0.15) is 0 Å². The lowest BCUT2D eigenvalue weighted by atomic mass is 10.1. The van der Waals surface area contributed by atoms with E-state index in [2.05, 4.69) is 22.1 Å². The monoisotopic (exact) mass is 398 g/mol. The minimum atomic E-state index is 0.0198. The molecule has 2 aromatic rings. The summed E-state index contributed by atoms with van der Waals surface area (Å²) in [6.45, 7) is 7.31. The van der Waals surface area contributed by atoms with Gasteiger partial charge in [0, 0.05) is 41.7 Å². The number of nitrogens with zero attached hydrogens (tertiary/aromatic N) is 3. The van der Waals surface area contributed by atoms with Gasteiger partial charge in [-0.3, -0.25) is 4.79 Å². The van der Waals surface area contributed by atoms with Crippen LogP contribution in [0.25, 0.3) is 0 Å². The van der Waals surface area contributed by atoms with Crippen molar-refractivity contribution in [3.8, 4) is 0 Å². The number of thioether (sulfide) groups is 1. The summed E-state index contributed by atoms with van der Waals surface area (Å²) < 4.78 is 5.46. The third-order valence-electron chi connectivity index (χ3n) is 5.12. The Bertz CT molecular complexity index is 863. The van der Waals surface area contributed by atoms with Gasteiger partial charge in [-0.25, -0.2) is 9.97 Å². The van der Waals surface area contributed by atoms with Crippen LogP contribution in [0.15, 0.2) is 29.4 Å². The van der Waals surface area contributed by atoms with Crippen LogP contribution in [0.4, 0.5) is 5.82 Å². The van der Waals surface area contributed by atoms with Crippen LogP contribution in [-0.2, 0) is 10.5 Å². The molecule has 1 saturated carbocycles. The smallest absolute Gasteiger partial charge is 0.251 e. The quantitative estimate of drug-likeness (QED) is 0.596. The third-order valence-corrected chi connectivity index (χ3v) is 6.04. The second-order valence-electron chi connectivity index (χ2n) is 7.38. The molecule has 0 bridgehead atoms. The van der Waals surface area contributed by atoms with E-state index in [1.54, 1.807) is 11.8 Å². The van der Waals surface area contributed by atoms with Crippen molar-refractivity contribution in [3.63, 3.8) is 0 Å². The van der Waals surface area contributed by atoms with Crippen LogP contribution in [0.1, 0.15) is 40.0 Å². The van der Waals surface area contributed by atoms with E-state index in [1.807, 2.05) is 31.2 Å². The number of aromatic nitrogens is 2. The van der Waals surface area contributed by atoms with Crippen molar-refractivity contribution in [3.05, 3.63) is 46.6 Å². The van der Waals surface area contributed by atoms with Gasteiger partial charge in [0.15, 0.2) is 5.16 Å². The number of benzene rings is 1. The van der Waals surface area contributed by atoms with Gasteiger partial charge in [-0.1, -0.05) is 23.9 Å². The van der Waals surface area contributed by atoms with Gasteiger partial charge in [0.2, 0.25) is 0 Å². The van der Waals surface area contributed by atoms with E-state index in [0.29, 0.717) is 6.04 Å². The zero-order chi connectivity index (χ0) is 19.5. The molecular weight excluding hydrogens is 372 g/mol. The first-order valence-corrected chi connectivity index (χ1v) is 10.8. The standard InChI is InChI=1S/C21H26N4O2S/c1-14-15(2)22-21(24-19(14)25-8-10-27-11-9-25)28-13-16-4-3-5-17(12-16)20(26)23-18-6-7-18/h3-5,12,18H,6-11,13H2,1-2H3,(H,23,26). The Kier molecular flexibility index (Phi) is 5.82. The average molecular weight is 399 g/mol. The molecule has 4 rings (SSSR count). The first-order chi connectivity index (χ1) is 13.6. The summed E-state index contributed by atoms with van der Waals surface area (Å²) in [6, 6.07) is 8.19. The van der Waals surface area contributed by atoms with Gasteiger partial charge < -0.3 is 15.0 Å². The molecule has 0 spiro atoms. The second-order valence-corrected chi connectivity index (χ2v) is 8.32. The summed E-state index contributed by atoms with van der Waals surface area (Å²) in [6.07, 6.45) is 2.19. The molecule has 0 atom stereocenters. The van der Waals surface area contributed by atoms with E-state index in [1.165, 1.54) is 0 Å². The van der Waals surface area contributed by atoms with Gasteiger partial charge >= 0.3 is 0 Å². The zero-order valence-corrected chi connectivity index (χ0v) is 17.2. The molecule has 2 fully saturated rings. The van der Waals surface area contributed by atoms with Gasteiger partial charge in [0.25, 0.3) is 5.91 Å². The van der Waals surface area contributed by atoms with Crippen molar-refractivity contribution in [2.45, 2.75) is 43.6 Å². The number of anilines is 1. The number of ether oxygens (including phenoxy) is 1. The third kappa shape index (κ3) is 4.64. The van der Waals surface area contributed by atoms with Crippen molar-refractivity contribution in [1.82, 2.24) is 15.3 Å². The van der Waals surface area contributed by atoms with E-state index < -0.39 is 0 Å². The number of aryl methyl sites for hydroxylation is 1. The fourth-order valence-electron chi connectivity index (χ4n) is 3.18. The molecule has 1 saturated heterocycles. The number of amides is 1. The highest BCUT2D eigenvalue weighted by atomic mass is 32.2. The maximum atomic E-state index is 12.3. The molecule has 1 aliphatic carbocycles. The average Bonchev–Trinajstić information content (AvgIpc) is 3.53. The minimum Gasteiger partial charge on any atom is -0.378 e. The van der Waals surface area contributed by atoms with Crippen molar-refractivity contribution in [2.75, 3.05) is 31.2 Å². The summed E-state index contributed by atoms with van der Waals surface area (Å²) in [5, 5.41) is 3.82. The van der Waals surface area contributed by atoms with E-state index in [-0.39, 0.29) is 5.91 Å². The Morgan fingerprint density at radius 1 is 1.25 bits per heavy atom. The maximum absolute atomic E-state index is 12.3. The fourth-order valence-corrected chi connectivity index (χ4v) is 4.01. The SMILES string of the molecule is Cc1nc(SCc2cccc(C(=O)NC3CC3)c2)nc(N2CCOCC2)c1C. The number of rotatable bonds is 6. The summed E-state index contributed by atoms with van der Waals surface area (Å²) >= 11 is 1.61. The molecule has 28 heavy (non-hydrogen) atoms. The van der Waals surface area contributed by atoms with Gasteiger partial charge in [0.1, 0.15) is 5.82 Å². The topological polar surface area (TPSA) is 67.4 Å². The van der Waals surface area contributed by atoms with Gasteiger partial charge in [-0.05, 0) is 44.4 Å². The molecule has 0 unspecified atom stereocenters. The Morgan fingerprint density at radius 3 is 2.79 bits per heavy atom. The lowest BCUT2D eigenvalue weighted by molar-refractivity contribution is 0.0951. The number of nitrogens with one attached hydrogen (secondary N) is 1. The molecule has 1 aromatic carbocycles. The maximum Gasteiger partial charge on any atom is 0.251 e. The van der Waals surface area contributed by atoms with Gasteiger partial charge in [-0.15, -0.1) is 0 Å². The number of carbonyl (C=O) groups is 1. The first kappa shape index (κ1) is 19.2. The molecule has 6 nitrogen and oxygen atoms in total. The molecule has 1 N–H and O–H groups in total. The molecule has 1 amide bonds. The molecule has 2 heterocycles. The number of carbonyl (C=O) groups excluding carboxylic acids is 1. The summed E-state index contributed by atoms with van der Waals surface area (Å²) in [5.41, 5.74) is 3.96. The minimum absolute atomic E-state index is 0.0198. The van der Waals surface area contributed by atoms with E-state index in [0.717, 1.165) is 78.3 Å². The van der Waals surface area contributed by atoms with Crippen LogP contribution in [0.5, 0.6) is 0 Å². The summed E-state index contributed by atoms with van der Waals surface area (Å²) in [4.78, 5) is 24.0. The van der Waals surface area contributed by atoms with Crippen LogP contribution in [0.2, 0.25) is 0 Å². The Labute approximate surface area is 170 Å². The molecule has 148 valence electrons. The predicted molar refractivity (Wildman–Crippen MR) is 111 cm³/mol. The number of morpholine rings is 1. The lowest BCUT2D eigenvalue weighted by Crippen LogP contribution is -2.37. The zero-order valence-electron chi connectivity index (χ0n) is 16.4. The lowest BCUT2D eigenvalue weighted by Gasteiger charge is -2.29. The van der Waals surface area contributed by atoms with Crippen LogP contribution in [0, 0.1) is 13.8 Å². The normalized spacial score (nSPS) is 16.9. The molecule has 7 heteroatoms. The van der Waals surface area contributed by atoms with Crippen molar-refractivity contribution < 1.29 is 9.53 Å². The first-order valence-electron chi connectivity index (χ1n) is 9.80. The van der Waals surface area contributed by atoms with Crippen molar-refractivity contribution in [2.24, 2.45) is 0 Å². The highest BCUT2D eigenvalue weighted by molar-refractivity contribution is 7.98. The Hall–Kier alpha value is -2.12. The molecule has 1 aliphatic heterocycles. The highest BCUT2D eigenvalue weighted by Gasteiger charge is 2.24.